The summed E-state index contributed by atoms with van der Waals surface area (Å²) in [5.74, 6) is 0.294. The van der Waals surface area contributed by atoms with Crippen molar-refractivity contribution in [1.29, 1.82) is 5.41 Å². The highest BCUT2D eigenvalue weighted by atomic mass is 19.1. The van der Waals surface area contributed by atoms with E-state index in [0.29, 0.717) is 35.9 Å². The summed E-state index contributed by atoms with van der Waals surface area (Å²) >= 11 is 0. The Morgan fingerprint density at radius 3 is 2.63 bits per heavy atom. The largest absolute Gasteiger partial charge is 0.377 e. The van der Waals surface area contributed by atoms with Crippen LogP contribution < -0.4 is 16.0 Å². The molecule has 0 bridgehead atoms. The van der Waals surface area contributed by atoms with Crippen LogP contribution in [-0.2, 0) is 0 Å². The van der Waals surface area contributed by atoms with Crippen LogP contribution in [0, 0.1) is 16.7 Å². The highest BCUT2D eigenvalue weighted by molar-refractivity contribution is 5.93. The van der Waals surface area contributed by atoms with Gasteiger partial charge in [0.1, 0.15) is 12.5 Å². The fraction of sp³-hybridized carbons (Fsp3) is 0.533. The Bertz CT molecular complexity index is 1020. The number of rotatable bonds is 10. The first-order chi connectivity index (χ1) is 18.4. The van der Waals surface area contributed by atoms with Crippen LogP contribution in [0.3, 0.4) is 0 Å². The van der Waals surface area contributed by atoms with E-state index in [2.05, 4.69) is 59.5 Å². The zero-order chi connectivity index (χ0) is 27.5. The number of amidine groups is 1. The molecule has 1 saturated heterocycles. The topological polar surface area (TPSA) is 75.5 Å². The minimum absolute atomic E-state index is 0.0309. The van der Waals surface area contributed by atoms with Gasteiger partial charge in [0.2, 0.25) is 0 Å². The van der Waals surface area contributed by atoms with E-state index in [0.717, 1.165) is 57.2 Å². The summed E-state index contributed by atoms with van der Waals surface area (Å²) in [5, 5.41) is 17.1. The third-order valence-electron chi connectivity index (χ3n) is 8.41. The van der Waals surface area contributed by atoms with Crippen LogP contribution in [-0.4, -0.2) is 49.8 Å². The highest BCUT2D eigenvalue weighted by Crippen LogP contribution is 2.51. The molecule has 2 fully saturated rings. The molecule has 1 unspecified atom stereocenters. The van der Waals surface area contributed by atoms with E-state index in [4.69, 9.17) is 5.41 Å². The molecule has 2 aliphatic heterocycles. The van der Waals surface area contributed by atoms with Crippen molar-refractivity contribution in [3.8, 4) is 0 Å². The van der Waals surface area contributed by atoms with E-state index in [1.807, 2.05) is 12.3 Å². The lowest BCUT2D eigenvalue weighted by Crippen LogP contribution is -2.39. The lowest BCUT2D eigenvalue weighted by molar-refractivity contribution is 0.151. The summed E-state index contributed by atoms with van der Waals surface area (Å²) in [6.45, 7) is 10.2. The van der Waals surface area contributed by atoms with E-state index in [1.165, 1.54) is 18.1 Å². The van der Waals surface area contributed by atoms with E-state index in [-0.39, 0.29) is 17.8 Å². The Balaban J connectivity index is 1.80. The average Bonchev–Trinajstić information content (AvgIpc) is 3.16. The smallest absolute Gasteiger partial charge is 0.164 e. The molecule has 1 saturated carbocycles. The first-order valence-electron chi connectivity index (χ1n) is 13.7. The van der Waals surface area contributed by atoms with E-state index in [9.17, 15) is 8.78 Å². The predicted octanol–water partition coefficient (Wildman–Crippen LogP) is 6.02. The normalized spacial score (nSPS) is 23.9. The molecule has 208 valence electrons. The van der Waals surface area contributed by atoms with Gasteiger partial charge in [-0.2, -0.15) is 0 Å². The monoisotopic (exact) mass is 526 g/mol. The zero-order valence-corrected chi connectivity index (χ0v) is 23.1. The van der Waals surface area contributed by atoms with E-state index < -0.39 is 5.83 Å². The summed E-state index contributed by atoms with van der Waals surface area (Å²) < 4.78 is 28.5. The van der Waals surface area contributed by atoms with Gasteiger partial charge in [-0.1, -0.05) is 31.4 Å². The lowest BCUT2D eigenvalue weighted by Gasteiger charge is -2.41. The predicted molar refractivity (Wildman–Crippen MR) is 154 cm³/mol. The molecule has 0 aromatic rings. The van der Waals surface area contributed by atoms with Gasteiger partial charge in [-0.15, -0.1) is 0 Å². The SMILES string of the molecule is C=CC(=NCNC(=C(F)C=N)C(/C=C/F)=C/C1=CN(C)C(C)C12CCCCC2)N/C=C(\C)C1CCNCC1. The quantitative estimate of drug-likeness (QED) is 0.160. The van der Waals surface area contributed by atoms with Crippen molar-refractivity contribution in [1.82, 2.24) is 20.9 Å². The first kappa shape index (κ1) is 29.6. The number of hydrogen-bond donors (Lipinski definition) is 4. The molecular formula is C30H44F2N6. The van der Waals surface area contributed by atoms with Crippen molar-refractivity contribution >= 4 is 12.1 Å². The Labute approximate surface area is 226 Å². The number of nitrogens with zero attached hydrogens (tertiary/aromatic N) is 2. The minimum Gasteiger partial charge on any atom is -0.377 e. The van der Waals surface area contributed by atoms with Crippen LogP contribution in [0.4, 0.5) is 8.78 Å². The van der Waals surface area contributed by atoms with Crippen molar-refractivity contribution in [2.24, 2.45) is 16.3 Å². The summed E-state index contributed by atoms with van der Waals surface area (Å²) in [4.78, 5) is 6.67. The average molecular weight is 527 g/mol. The molecule has 0 radical (unpaired) electrons. The molecule has 4 N–H and O–H groups in total. The van der Waals surface area contributed by atoms with Crippen LogP contribution in [0.1, 0.15) is 58.8 Å². The summed E-state index contributed by atoms with van der Waals surface area (Å²) in [5.41, 5.74) is 2.68. The molecule has 3 rings (SSSR count). The second-order valence-corrected chi connectivity index (χ2v) is 10.5. The van der Waals surface area contributed by atoms with Crippen LogP contribution in [0.5, 0.6) is 0 Å². The van der Waals surface area contributed by atoms with Crippen molar-refractivity contribution in [3.05, 3.63) is 71.8 Å². The third-order valence-corrected chi connectivity index (χ3v) is 8.41. The van der Waals surface area contributed by atoms with E-state index in [1.54, 1.807) is 6.08 Å². The van der Waals surface area contributed by atoms with Crippen LogP contribution in [0.15, 0.2) is 76.8 Å². The van der Waals surface area contributed by atoms with Crippen molar-refractivity contribution in [2.75, 3.05) is 26.8 Å². The number of hydrogen-bond acceptors (Lipinski definition) is 5. The maximum Gasteiger partial charge on any atom is 0.164 e. The van der Waals surface area contributed by atoms with Gasteiger partial charge in [-0.05, 0) is 82.3 Å². The number of nitrogens with one attached hydrogen (secondary N) is 4. The number of allylic oxidation sites excluding steroid dienone is 4. The maximum absolute atomic E-state index is 14.9. The molecule has 2 heterocycles. The minimum atomic E-state index is -0.781. The van der Waals surface area contributed by atoms with Crippen molar-refractivity contribution in [2.45, 2.75) is 64.8 Å². The van der Waals surface area contributed by atoms with Gasteiger partial charge in [0, 0.05) is 36.5 Å². The fourth-order valence-electron chi connectivity index (χ4n) is 5.95. The molecular weight excluding hydrogens is 482 g/mol. The van der Waals surface area contributed by atoms with Crippen LogP contribution in [0.25, 0.3) is 0 Å². The Morgan fingerprint density at radius 1 is 1.29 bits per heavy atom. The van der Waals surface area contributed by atoms with Crippen LogP contribution in [0.2, 0.25) is 0 Å². The van der Waals surface area contributed by atoms with Gasteiger partial charge in [0.25, 0.3) is 0 Å². The Kier molecular flexibility index (Phi) is 11.1. The summed E-state index contributed by atoms with van der Waals surface area (Å²) in [7, 11) is 2.06. The van der Waals surface area contributed by atoms with Gasteiger partial charge in [-0.25, -0.2) is 13.8 Å². The molecule has 0 aromatic heterocycles. The molecule has 3 aliphatic rings. The first-order valence-corrected chi connectivity index (χ1v) is 13.7. The maximum atomic E-state index is 14.9. The number of aliphatic imine (C=N–C) groups is 1. The Hall–Kier alpha value is -3.00. The summed E-state index contributed by atoms with van der Waals surface area (Å²) in [6.07, 6.45) is 17.6. The fourth-order valence-corrected chi connectivity index (χ4v) is 5.95. The van der Waals surface area contributed by atoms with Gasteiger partial charge >= 0.3 is 0 Å². The van der Waals surface area contributed by atoms with Gasteiger partial charge < -0.3 is 26.3 Å². The standard InChI is InChI=1S/C30H44F2N6/c1-5-28(35-19-22(2)24-10-15-34-16-11-24)36-21-37-29(27(32)18-33)25(9-14-31)17-26-20-38(4)23(3)30(26)12-7-6-8-13-30/h5,9,14,17-20,23-24,33-34,37H,1,6-8,10-13,15-16,21H2,2-4H3,(H,35,36)/b14-9+,22-19+,25-17+,29-27?,33-18?. The second kappa shape index (κ2) is 14.2. The van der Waals surface area contributed by atoms with E-state index >= 15 is 0 Å². The zero-order valence-electron chi connectivity index (χ0n) is 23.1. The molecule has 0 aromatic carbocycles. The molecule has 8 heteroatoms. The van der Waals surface area contributed by atoms with Crippen molar-refractivity contribution in [3.63, 3.8) is 0 Å². The Morgan fingerprint density at radius 2 is 2.00 bits per heavy atom. The van der Waals surface area contributed by atoms with Gasteiger partial charge in [-0.3, -0.25) is 0 Å². The number of piperidine rings is 1. The lowest BCUT2D eigenvalue weighted by atomic mass is 9.66. The van der Waals surface area contributed by atoms with Crippen LogP contribution >= 0.6 is 0 Å². The molecule has 1 spiro atoms. The third kappa shape index (κ3) is 7.10. The number of halogens is 2. The van der Waals surface area contributed by atoms with Gasteiger partial charge in [0.05, 0.1) is 18.2 Å². The highest BCUT2D eigenvalue weighted by Gasteiger charge is 2.45. The molecule has 0 amide bonds. The molecule has 6 nitrogen and oxygen atoms in total. The summed E-state index contributed by atoms with van der Waals surface area (Å²) in [6, 6.07) is 0.310. The molecule has 1 aliphatic carbocycles. The molecule has 38 heavy (non-hydrogen) atoms. The molecule has 1 atom stereocenters. The van der Waals surface area contributed by atoms with Gasteiger partial charge in [0.15, 0.2) is 5.83 Å². The second-order valence-electron chi connectivity index (χ2n) is 10.5. The van der Waals surface area contributed by atoms with Crippen molar-refractivity contribution < 1.29 is 8.78 Å².